The van der Waals surface area contributed by atoms with E-state index >= 15 is 0 Å². The first kappa shape index (κ1) is 17.8. The van der Waals surface area contributed by atoms with Crippen LogP contribution >= 0.6 is 0 Å². The molecule has 0 aromatic heterocycles. The molecule has 0 aliphatic carbocycles. The van der Waals surface area contributed by atoms with Gasteiger partial charge in [0.2, 0.25) is 0 Å². The third kappa shape index (κ3) is 12.3. The molecule has 0 fully saturated rings. The van der Waals surface area contributed by atoms with Crippen LogP contribution in [-0.2, 0) is 14.2 Å². The number of likely N-dealkylation sites (N-methyl/N-ethyl adjacent to an activating group) is 1. The second-order valence-corrected chi connectivity index (χ2v) is 4.16. The fourth-order valence-corrected chi connectivity index (χ4v) is 1.58. The van der Waals surface area contributed by atoms with Crippen LogP contribution in [0.4, 0.5) is 0 Å². The maximum atomic E-state index is 5.54. The van der Waals surface area contributed by atoms with E-state index in [0.717, 1.165) is 32.8 Å². The van der Waals surface area contributed by atoms with Crippen LogP contribution in [0.5, 0.6) is 0 Å². The smallest absolute Gasteiger partial charge is 0.0701 e. The second-order valence-electron chi connectivity index (χ2n) is 4.16. The third-order valence-corrected chi connectivity index (χ3v) is 2.57. The molecule has 5 heteroatoms. The highest BCUT2D eigenvalue weighted by Gasteiger charge is 2.02. The Hall–Kier alpha value is -0.200. The molecule has 0 bridgehead atoms. The summed E-state index contributed by atoms with van der Waals surface area (Å²) >= 11 is 0. The number of nitrogens with one attached hydrogen (secondary N) is 1. The fourth-order valence-electron chi connectivity index (χ4n) is 1.58. The third-order valence-electron chi connectivity index (χ3n) is 2.57. The van der Waals surface area contributed by atoms with Crippen molar-refractivity contribution in [3.05, 3.63) is 0 Å². The van der Waals surface area contributed by atoms with Gasteiger partial charge in [0, 0.05) is 26.7 Å². The Balaban J connectivity index is 3.31. The lowest BCUT2D eigenvalue weighted by molar-refractivity contribution is 0.0196. The molecule has 0 radical (unpaired) electrons. The Morgan fingerprint density at radius 3 is 2.17 bits per heavy atom. The van der Waals surface area contributed by atoms with Crippen molar-refractivity contribution in [2.45, 2.75) is 13.3 Å². The van der Waals surface area contributed by atoms with Crippen molar-refractivity contribution >= 4 is 0 Å². The molecule has 0 saturated carbocycles. The van der Waals surface area contributed by atoms with Gasteiger partial charge in [-0.3, -0.25) is 4.90 Å². The van der Waals surface area contributed by atoms with Crippen LogP contribution in [0.15, 0.2) is 0 Å². The molecule has 5 nitrogen and oxygen atoms in total. The SMILES string of the molecule is CCCN(CCNC)CCOCCOCCOC. The number of rotatable bonds is 14. The molecule has 0 aromatic carbocycles. The number of nitrogens with zero attached hydrogens (tertiary/aromatic N) is 1. The highest BCUT2D eigenvalue weighted by Crippen LogP contribution is 1.91. The summed E-state index contributed by atoms with van der Waals surface area (Å²) in [6.45, 7) is 9.82. The zero-order chi connectivity index (χ0) is 13.5. The van der Waals surface area contributed by atoms with Crippen LogP contribution in [0.25, 0.3) is 0 Å². The molecule has 0 amide bonds. The Morgan fingerprint density at radius 1 is 0.889 bits per heavy atom. The van der Waals surface area contributed by atoms with Crippen molar-refractivity contribution in [2.24, 2.45) is 0 Å². The minimum Gasteiger partial charge on any atom is -0.382 e. The van der Waals surface area contributed by atoms with Gasteiger partial charge in [0.1, 0.15) is 0 Å². The summed E-state index contributed by atoms with van der Waals surface area (Å²) in [6.07, 6.45) is 1.18. The Morgan fingerprint density at radius 2 is 1.56 bits per heavy atom. The van der Waals surface area contributed by atoms with Gasteiger partial charge >= 0.3 is 0 Å². The minimum atomic E-state index is 0.643. The van der Waals surface area contributed by atoms with Crippen LogP contribution in [0.1, 0.15) is 13.3 Å². The lowest BCUT2D eigenvalue weighted by Crippen LogP contribution is -2.34. The van der Waals surface area contributed by atoms with E-state index in [0.29, 0.717) is 26.4 Å². The van der Waals surface area contributed by atoms with E-state index in [-0.39, 0.29) is 0 Å². The van der Waals surface area contributed by atoms with Crippen molar-refractivity contribution in [1.29, 1.82) is 0 Å². The zero-order valence-electron chi connectivity index (χ0n) is 12.2. The van der Waals surface area contributed by atoms with E-state index in [9.17, 15) is 0 Å². The molecule has 0 heterocycles. The number of methoxy groups -OCH3 is 1. The molecule has 18 heavy (non-hydrogen) atoms. The van der Waals surface area contributed by atoms with Gasteiger partial charge < -0.3 is 19.5 Å². The monoisotopic (exact) mass is 262 g/mol. The first-order valence-electron chi connectivity index (χ1n) is 6.86. The van der Waals surface area contributed by atoms with E-state index in [4.69, 9.17) is 14.2 Å². The van der Waals surface area contributed by atoms with Crippen LogP contribution in [0.2, 0.25) is 0 Å². The predicted octanol–water partition coefficient (Wildman–Crippen LogP) is 0.597. The molecular formula is C13H30N2O3. The number of hydrogen-bond donors (Lipinski definition) is 1. The second kappa shape index (κ2) is 14.9. The summed E-state index contributed by atoms with van der Waals surface area (Å²) in [5.41, 5.74) is 0. The highest BCUT2D eigenvalue weighted by atomic mass is 16.5. The van der Waals surface area contributed by atoms with E-state index in [1.54, 1.807) is 7.11 Å². The maximum absolute atomic E-state index is 5.54. The number of hydrogen-bond acceptors (Lipinski definition) is 5. The Kier molecular flexibility index (Phi) is 14.7. The molecule has 0 aliphatic rings. The van der Waals surface area contributed by atoms with Gasteiger partial charge in [0.05, 0.1) is 33.0 Å². The largest absolute Gasteiger partial charge is 0.382 e. The van der Waals surface area contributed by atoms with E-state index in [2.05, 4.69) is 17.1 Å². The predicted molar refractivity (Wildman–Crippen MR) is 74.2 cm³/mol. The van der Waals surface area contributed by atoms with Crippen molar-refractivity contribution in [3.63, 3.8) is 0 Å². The molecule has 0 rings (SSSR count). The molecule has 0 unspecified atom stereocenters. The lowest BCUT2D eigenvalue weighted by Gasteiger charge is -2.21. The molecule has 110 valence electrons. The van der Waals surface area contributed by atoms with Gasteiger partial charge in [0.15, 0.2) is 0 Å². The summed E-state index contributed by atoms with van der Waals surface area (Å²) in [5, 5.41) is 3.17. The zero-order valence-corrected chi connectivity index (χ0v) is 12.2. The molecule has 0 aromatic rings. The number of ether oxygens (including phenoxy) is 3. The Bertz CT molecular complexity index is 159. The van der Waals surface area contributed by atoms with Crippen LogP contribution in [0.3, 0.4) is 0 Å². The van der Waals surface area contributed by atoms with Crippen molar-refractivity contribution < 1.29 is 14.2 Å². The molecule has 0 saturated heterocycles. The average Bonchev–Trinajstić information content (AvgIpc) is 2.39. The quantitative estimate of drug-likeness (QED) is 0.464. The summed E-state index contributed by atoms with van der Waals surface area (Å²) in [5.74, 6) is 0. The van der Waals surface area contributed by atoms with E-state index in [1.807, 2.05) is 7.05 Å². The lowest BCUT2D eigenvalue weighted by atomic mass is 10.4. The Labute approximate surface area is 112 Å². The highest BCUT2D eigenvalue weighted by molar-refractivity contribution is 4.57. The molecule has 0 atom stereocenters. The van der Waals surface area contributed by atoms with Gasteiger partial charge in [0.25, 0.3) is 0 Å². The van der Waals surface area contributed by atoms with Crippen molar-refractivity contribution in [2.75, 3.05) is 73.4 Å². The molecular weight excluding hydrogens is 232 g/mol. The van der Waals surface area contributed by atoms with Gasteiger partial charge in [-0.15, -0.1) is 0 Å². The summed E-state index contributed by atoms with van der Waals surface area (Å²) in [7, 11) is 3.66. The molecule has 0 spiro atoms. The average molecular weight is 262 g/mol. The first-order valence-corrected chi connectivity index (χ1v) is 6.86. The van der Waals surface area contributed by atoms with E-state index in [1.165, 1.54) is 6.42 Å². The van der Waals surface area contributed by atoms with Crippen LogP contribution in [0, 0.1) is 0 Å². The van der Waals surface area contributed by atoms with Gasteiger partial charge in [-0.2, -0.15) is 0 Å². The van der Waals surface area contributed by atoms with E-state index < -0.39 is 0 Å². The van der Waals surface area contributed by atoms with Crippen molar-refractivity contribution in [1.82, 2.24) is 10.2 Å². The summed E-state index contributed by atoms with van der Waals surface area (Å²) in [4.78, 5) is 2.42. The van der Waals surface area contributed by atoms with Gasteiger partial charge in [-0.1, -0.05) is 6.92 Å². The van der Waals surface area contributed by atoms with Crippen LogP contribution in [-0.4, -0.2) is 78.3 Å². The molecule has 1 N–H and O–H groups in total. The van der Waals surface area contributed by atoms with Crippen molar-refractivity contribution in [3.8, 4) is 0 Å². The minimum absolute atomic E-state index is 0.643. The summed E-state index contributed by atoms with van der Waals surface area (Å²) in [6, 6.07) is 0. The molecule has 0 aliphatic heterocycles. The van der Waals surface area contributed by atoms with Gasteiger partial charge in [-0.05, 0) is 20.0 Å². The summed E-state index contributed by atoms with van der Waals surface area (Å²) < 4.78 is 15.7. The topological polar surface area (TPSA) is 43.0 Å². The fraction of sp³-hybridized carbons (Fsp3) is 1.00. The first-order chi connectivity index (χ1) is 8.85. The standard InChI is InChI=1S/C13H30N2O3/c1-4-6-15(7-5-14-2)8-9-17-12-13-18-11-10-16-3/h14H,4-13H2,1-3H3. The van der Waals surface area contributed by atoms with Gasteiger partial charge in [-0.25, -0.2) is 0 Å². The van der Waals surface area contributed by atoms with Crippen LogP contribution < -0.4 is 5.32 Å². The maximum Gasteiger partial charge on any atom is 0.0701 e. The normalized spacial score (nSPS) is 11.3.